The first kappa shape index (κ1) is 11.5. The molecule has 0 fully saturated rings. The lowest BCUT2D eigenvalue weighted by atomic mass is 10.2. The van der Waals surface area contributed by atoms with Gasteiger partial charge in [-0.2, -0.15) is 0 Å². The Morgan fingerprint density at radius 1 is 1.50 bits per heavy atom. The van der Waals surface area contributed by atoms with Crippen molar-refractivity contribution in [2.45, 2.75) is 24.5 Å². The van der Waals surface area contributed by atoms with E-state index in [-0.39, 0.29) is 12.8 Å². The van der Waals surface area contributed by atoms with E-state index in [9.17, 15) is 17.2 Å². The Balaban J connectivity index is 4.35. The third-order valence-electron chi connectivity index (χ3n) is 1.36. The minimum Gasteiger partial charge on any atom is -0.228 e. The van der Waals surface area contributed by atoms with Crippen LogP contribution in [0.15, 0.2) is 12.7 Å². The number of halogens is 2. The van der Waals surface area contributed by atoms with Gasteiger partial charge in [0, 0.05) is 0 Å². The van der Waals surface area contributed by atoms with Crippen molar-refractivity contribution < 1.29 is 17.2 Å². The van der Waals surface area contributed by atoms with Gasteiger partial charge in [0.2, 0.25) is 10.0 Å². The summed E-state index contributed by atoms with van der Waals surface area (Å²) in [6.07, 6.45) is -1.52. The largest absolute Gasteiger partial charge is 0.256 e. The van der Waals surface area contributed by atoms with E-state index in [0.29, 0.717) is 0 Å². The lowest BCUT2D eigenvalue weighted by molar-refractivity contribution is 0.138. The van der Waals surface area contributed by atoms with Gasteiger partial charge in [0.05, 0.1) is 0 Å². The molecule has 0 saturated heterocycles. The molecule has 0 saturated carbocycles. The SMILES string of the molecule is C=CCC[C@@H](C(F)F)S(N)(=O)=O. The van der Waals surface area contributed by atoms with Crippen LogP contribution in [0.2, 0.25) is 0 Å². The molecule has 0 aromatic heterocycles. The highest BCUT2D eigenvalue weighted by Crippen LogP contribution is 2.14. The van der Waals surface area contributed by atoms with Crippen molar-refractivity contribution in [2.24, 2.45) is 5.14 Å². The predicted octanol–water partition coefficient (Wildman–Crippen LogP) is 0.875. The number of primary sulfonamides is 1. The van der Waals surface area contributed by atoms with E-state index in [2.05, 4.69) is 11.7 Å². The molecule has 0 aromatic rings. The molecular formula is C6H11F2NO2S. The minimum absolute atomic E-state index is 0.181. The molecule has 0 amide bonds. The lowest BCUT2D eigenvalue weighted by Crippen LogP contribution is -2.34. The van der Waals surface area contributed by atoms with Crippen LogP contribution in [0.25, 0.3) is 0 Å². The van der Waals surface area contributed by atoms with Gasteiger partial charge < -0.3 is 0 Å². The number of hydrogen-bond donors (Lipinski definition) is 1. The zero-order valence-electron chi connectivity index (χ0n) is 6.41. The molecule has 0 aliphatic rings. The summed E-state index contributed by atoms with van der Waals surface area (Å²) in [5.41, 5.74) is 0. The van der Waals surface area contributed by atoms with Crippen molar-refractivity contribution in [2.75, 3.05) is 0 Å². The second-order valence-electron chi connectivity index (χ2n) is 2.33. The fraction of sp³-hybridized carbons (Fsp3) is 0.667. The third-order valence-corrected chi connectivity index (χ3v) is 2.64. The maximum absolute atomic E-state index is 12.0. The molecule has 0 aromatic carbocycles. The van der Waals surface area contributed by atoms with E-state index in [1.165, 1.54) is 6.08 Å². The fourth-order valence-electron chi connectivity index (χ4n) is 0.716. The van der Waals surface area contributed by atoms with Gasteiger partial charge in [-0.05, 0) is 12.8 Å². The molecule has 0 heterocycles. The van der Waals surface area contributed by atoms with Gasteiger partial charge in [-0.1, -0.05) is 6.08 Å². The molecular weight excluding hydrogens is 188 g/mol. The van der Waals surface area contributed by atoms with Crippen molar-refractivity contribution in [3.05, 3.63) is 12.7 Å². The lowest BCUT2D eigenvalue weighted by Gasteiger charge is -2.11. The highest BCUT2D eigenvalue weighted by Gasteiger charge is 2.30. The number of nitrogens with two attached hydrogens (primary N) is 1. The van der Waals surface area contributed by atoms with E-state index in [4.69, 9.17) is 0 Å². The van der Waals surface area contributed by atoms with Crippen LogP contribution in [0.3, 0.4) is 0 Å². The molecule has 72 valence electrons. The van der Waals surface area contributed by atoms with Gasteiger partial charge in [0.1, 0.15) is 5.25 Å². The first-order chi connectivity index (χ1) is 5.39. The predicted molar refractivity (Wildman–Crippen MR) is 42.3 cm³/mol. The molecule has 6 heteroatoms. The van der Waals surface area contributed by atoms with Gasteiger partial charge in [-0.15, -0.1) is 6.58 Å². The van der Waals surface area contributed by atoms with Crippen LogP contribution in [0.4, 0.5) is 8.78 Å². The van der Waals surface area contributed by atoms with Gasteiger partial charge in [-0.25, -0.2) is 22.3 Å². The molecule has 2 N–H and O–H groups in total. The Morgan fingerprint density at radius 2 is 2.00 bits per heavy atom. The van der Waals surface area contributed by atoms with E-state index in [1.807, 2.05) is 0 Å². The van der Waals surface area contributed by atoms with E-state index in [1.54, 1.807) is 0 Å². The van der Waals surface area contributed by atoms with Gasteiger partial charge in [0.15, 0.2) is 0 Å². The van der Waals surface area contributed by atoms with Crippen LogP contribution >= 0.6 is 0 Å². The molecule has 0 spiro atoms. The minimum atomic E-state index is -4.13. The summed E-state index contributed by atoms with van der Waals surface area (Å²) in [4.78, 5) is 0. The fourth-order valence-corrected chi connectivity index (χ4v) is 1.47. The normalized spacial score (nSPS) is 14.7. The highest BCUT2D eigenvalue weighted by molar-refractivity contribution is 7.89. The molecule has 12 heavy (non-hydrogen) atoms. The molecule has 1 atom stereocenters. The topological polar surface area (TPSA) is 60.2 Å². The first-order valence-corrected chi connectivity index (χ1v) is 4.91. The Labute approximate surface area is 70.3 Å². The second kappa shape index (κ2) is 4.51. The maximum Gasteiger partial charge on any atom is 0.256 e. The standard InChI is InChI=1S/C6H11F2NO2S/c1-2-3-4-5(6(7)8)12(9,10)11/h2,5-6H,1,3-4H2,(H2,9,10,11)/t5-/m0/s1. The number of allylic oxidation sites excluding steroid dienone is 1. The number of hydrogen-bond acceptors (Lipinski definition) is 2. The van der Waals surface area contributed by atoms with Crippen LogP contribution in [0.1, 0.15) is 12.8 Å². The summed E-state index contributed by atoms with van der Waals surface area (Å²) in [6, 6.07) is 0. The van der Waals surface area contributed by atoms with Crippen molar-refractivity contribution in [3.8, 4) is 0 Å². The summed E-state index contributed by atoms with van der Waals surface area (Å²) in [5.74, 6) is 0. The first-order valence-electron chi connectivity index (χ1n) is 3.30. The number of sulfonamides is 1. The Morgan fingerprint density at radius 3 is 2.25 bits per heavy atom. The quantitative estimate of drug-likeness (QED) is 0.668. The van der Waals surface area contributed by atoms with Crippen molar-refractivity contribution >= 4 is 10.0 Å². The summed E-state index contributed by atoms with van der Waals surface area (Å²) in [6.45, 7) is 3.29. The van der Waals surface area contributed by atoms with Gasteiger partial charge in [-0.3, -0.25) is 0 Å². The monoisotopic (exact) mass is 199 g/mol. The molecule has 0 radical (unpaired) electrons. The summed E-state index contributed by atoms with van der Waals surface area (Å²) in [5, 5.41) is 2.81. The van der Waals surface area contributed by atoms with Crippen molar-refractivity contribution in [1.82, 2.24) is 0 Å². The zero-order valence-corrected chi connectivity index (χ0v) is 7.23. The second-order valence-corrected chi connectivity index (χ2v) is 4.11. The van der Waals surface area contributed by atoms with Crippen molar-refractivity contribution in [3.63, 3.8) is 0 Å². The van der Waals surface area contributed by atoms with Crippen LogP contribution < -0.4 is 5.14 Å². The van der Waals surface area contributed by atoms with Crippen LogP contribution in [0, 0.1) is 0 Å². The molecule has 0 aliphatic heterocycles. The summed E-state index contributed by atoms with van der Waals surface area (Å²) < 4.78 is 45.1. The Bertz CT molecular complexity index is 238. The van der Waals surface area contributed by atoms with E-state index < -0.39 is 21.7 Å². The molecule has 3 nitrogen and oxygen atoms in total. The number of rotatable bonds is 5. The van der Waals surface area contributed by atoms with Crippen LogP contribution in [-0.2, 0) is 10.0 Å². The molecule has 0 aliphatic carbocycles. The smallest absolute Gasteiger partial charge is 0.228 e. The summed E-state index contributed by atoms with van der Waals surface area (Å²) >= 11 is 0. The number of alkyl halides is 2. The third kappa shape index (κ3) is 3.77. The summed E-state index contributed by atoms with van der Waals surface area (Å²) in [7, 11) is -4.13. The molecule has 0 bridgehead atoms. The Hall–Kier alpha value is -0.490. The van der Waals surface area contributed by atoms with Gasteiger partial charge in [0.25, 0.3) is 6.43 Å². The van der Waals surface area contributed by atoms with Crippen molar-refractivity contribution in [1.29, 1.82) is 0 Å². The molecule has 0 rings (SSSR count). The maximum atomic E-state index is 12.0. The average molecular weight is 199 g/mol. The highest BCUT2D eigenvalue weighted by atomic mass is 32.2. The van der Waals surface area contributed by atoms with E-state index >= 15 is 0 Å². The van der Waals surface area contributed by atoms with Crippen LogP contribution in [-0.4, -0.2) is 20.1 Å². The molecule has 0 unspecified atom stereocenters. The zero-order chi connectivity index (χ0) is 9.78. The Kier molecular flexibility index (Phi) is 4.33. The van der Waals surface area contributed by atoms with Gasteiger partial charge >= 0.3 is 0 Å². The average Bonchev–Trinajstić information content (AvgIpc) is 1.84. The van der Waals surface area contributed by atoms with E-state index in [0.717, 1.165) is 0 Å². The van der Waals surface area contributed by atoms with Crippen LogP contribution in [0.5, 0.6) is 0 Å².